The molecular formula is C15H20ClNO4. The summed E-state index contributed by atoms with van der Waals surface area (Å²) in [4.78, 5) is 23.3. The molecule has 1 aromatic rings. The van der Waals surface area contributed by atoms with Crippen molar-refractivity contribution in [3.05, 3.63) is 29.3 Å². The zero-order valence-corrected chi connectivity index (χ0v) is 13.4. The quantitative estimate of drug-likeness (QED) is 0.925. The van der Waals surface area contributed by atoms with Crippen LogP contribution in [0.4, 0.5) is 4.79 Å². The number of imide groups is 1. The van der Waals surface area contributed by atoms with E-state index in [1.807, 2.05) is 0 Å². The van der Waals surface area contributed by atoms with Crippen LogP contribution in [0.5, 0.6) is 5.75 Å². The maximum absolute atomic E-state index is 11.8. The fourth-order valence-electron chi connectivity index (χ4n) is 1.36. The first-order valence-corrected chi connectivity index (χ1v) is 6.97. The standard InChI is InChI=1S/C15H20ClNO4/c1-10(9-20-12-7-5-11(16)6-8-12)13(18)17-14(19)21-15(2,3)4/h5-8,10H,9H2,1-4H3,(H,17,18,19). The molecule has 0 bridgehead atoms. The second kappa shape index (κ2) is 7.31. The summed E-state index contributed by atoms with van der Waals surface area (Å²) in [6.45, 7) is 6.99. The normalized spacial score (nSPS) is 12.4. The third-order valence-corrected chi connectivity index (χ3v) is 2.64. The maximum Gasteiger partial charge on any atom is 0.414 e. The molecule has 1 unspecified atom stereocenters. The van der Waals surface area contributed by atoms with Gasteiger partial charge in [-0.25, -0.2) is 4.79 Å². The lowest BCUT2D eigenvalue weighted by Crippen LogP contribution is -2.40. The largest absolute Gasteiger partial charge is 0.493 e. The Morgan fingerprint density at radius 3 is 2.33 bits per heavy atom. The van der Waals surface area contributed by atoms with Gasteiger partial charge in [0.15, 0.2) is 0 Å². The number of nitrogens with one attached hydrogen (secondary N) is 1. The summed E-state index contributed by atoms with van der Waals surface area (Å²) >= 11 is 5.76. The molecule has 0 aliphatic rings. The molecule has 6 heteroatoms. The number of carbonyl (C=O) groups excluding carboxylic acids is 2. The minimum absolute atomic E-state index is 0.149. The van der Waals surface area contributed by atoms with Crippen molar-refractivity contribution < 1.29 is 19.1 Å². The highest BCUT2D eigenvalue weighted by molar-refractivity contribution is 6.30. The number of hydrogen-bond acceptors (Lipinski definition) is 4. The van der Waals surface area contributed by atoms with E-state index in [1.165, 1.54) is 0 Å². The lowest BCUT2D eigenvalue weighted by molar-refractivity contribution is -0.124. The topological polar surface area (TPSA) is 64.6 Å². The molecule has 0 saturated carbocycles. The van der Waals surface area contributed by atoms with E-state index >= 15 is 0 Å². The van der Waals surface area contributed by atoms with E-state index in [1.54, 1.807) is 52.0 Å². The molecule has 1 rings (SSSR count). The van der Waals surface area contributed by atoms with Gasteiger partial charge in [-0.05, 0) is 45.0 Å². The fraction of sp³-hybridized carbons (Fsp3) is 0.467. The van der Waals surface area contributed by atoms with E-state index in [0.717, 1.165) is 0 Å². The zero-order chi connectivity index (χ0) is 16.0. The second-order valence-electron chi connectivity index (χ2n) is 5.66. The van der Waals surface area contributed by atoms with Crippen LogP contribution in [-0.4, -0.2) is 24.2 Å². The first-order chi connectivity index (χ1) is 9.67. The number of ether oxygens (including phenoxy) is 2. The van der Waals surface area contributed by atoms with E-state index < -0.39 is 23.5 Å². The second-order valence-corrected chi connectivity index (χ2v) is 6.09. The van der Waals surface area contributed by atoms with Crippen LogP contribution in [0.2, 0.25) is 5.02 Å². The maximum atomic E-state index is 11.8. The third-order valence-electron chi connectivity index (χ3n) is 2.39. The molecular weight excluding hydrogens is 294 g/mol. The highest BCUT2D eigenvalue weighted by Gasteiger charge is 2.21. The summed E-state index contributed by atoms with van der Waals surface area (Å²) in [7, 11) is 0. The van der Waals surface area contributed by atoms with Crippen LogP contribution < -0.4 is 10.1 Å². The molecule has 0 radical (unpaired) electrons. The van der Waals surface area contributed by atoms with Crippen LogP contribution in [0.25, 0.3) is 0 Å². The van der Waals surface area contributed by atoms with E-state index in [9.17, 15) is 9.59 Å². The number of hydrogen-bond donors (Lipinski definition) is 1. The Kier molecular flexibility index (Phi) is 6.03. The molecule has 0 aliphatic heterocycles. The molecule has 0 aliphatic carbocycles. The fourth-order valence-corrected chi connectivity index (χ4v) is 1.48. The molecule has 1 aromatic carbocycles. The lowest BCUT2D eigenvalue weighted by atomic mass is 10.2. The number of amides is 2. The Labute approximate surface area is 129 Å². The van der Waals surface area contributed by atoms with Gasteiger partial charge in [0, 0.05) is 5.02 Å². The van der Waals surface area contributed by atoms with Crippen molar-refractivity contribution in [3.8, 4) is 5.75 Å². The highest BCUT2D eigenvalue weighted by atomic mass is 35.5. The van der Waals surface area contributed by atoms with Crippen LogP contribution in [-0.2, 0) is 9.53 Å². The van der Waals surface area contributed by atoms with Gasteiger partial charge in [0.05, 0.1) is 12.5 Å². The number of halogens is 1. The molecule has 0 aromatic heterocycles. The Morgan fingerprint density at radius 2 is 1.81 bits per heavy atom. The molecule has 0 heterocycles. The smallest absolute Gasteiger partial charge is 0.414 e. The average molecular weight is 314 g/mol. The summed E-state index contributed by atoms with van der Waals surface area (Å²) in [6, 6.07) is 6.81. The van der Waals surface area contributed by atoms with Crippen molar-refractivity contribution in [1.82, 2.24) is 5.32 Å². The van der Waals surface area contributed by atoms with Crippen molar-refractivity contribution in [2.24, 2.45) is 5.92 Å². The molecule has 116 valence electrons. The van der Waals surface area contributed by atoms with Gasteiger partial charge in [0.1, 0.15) is 11.4 Å². The number of rotatable bonds is 4. The van der Waals surface area contributed by atoms with Crippen LogP contribution >= 0.6 is 11.6 Å². The van der Waals surface area contributed by atoms with Gasteiger partial charge < -0.3 is 9.47 Å². The molecule has 5 nitrogen and oxygen atoms in total. The van der Waals surface area contributed by atoms with E-state index in [2.05, 4.69) is 5.32 Å². The predicted octanol–water partition coefficient (Wildman–Crippen LogP) is 3.41. The molecule has 1 atom stereocenters. The predicted molar refractivity (Wildman–Crippen MR) is 80.5 cm³/mol. The minimum Gasteiger partial charge on any atom is -0.493 e. The third kappa shape index (κ3) is 6.99. The molecule has 21 heavy (non-hydrogen) atoms. The van der Waals surface area contributed by atoms with Gasteiger partial charge in [-0.2, -0.15) is 0 Å². The van der Waals surface area contributed by atoms with Crippen LogP contribution in [0.3, 0.4) is 0 Å². The SMILES string of the molecule is CC(COc1ccc(Cl)cc1)C(=O)NC(=O)OC(C)(C)C. The van der Waals surface area contributed by atoms with E-state index in [-0.39, 0.29) is 6.61 Å². The molecule has 2 amide bonds. The van der Waals surface area contributed by atoms with Gasteiger partial charge in [-0.15, -0.1) is 0 Å². The van der Waals surface area contributed by atoms with Crippen molar-refractivity contribution >= 4 is 23.6 Å². The highest BCUT2D eigenvalue weighted by Crippen LogP contribution is 2.16. The van der Waals surface area contributed by atoms with E-state index in [4.69, 9.17) is 21.1 Å². The van der Waals surface area contributed by atoms with Gasteiger partial charge in [0.25, 0.3) is 0 Å². The van der Waals surface area contributed by atoms with Crippen LogP contribution in [0.1, 0.15) is 27.7 Å². The minimum atomic E-state index is -0.758. The Morgan fingerprint density at radius 1 is 1.24 bits per heavy atom. The number of benzene rings is 1. The van der Waals surface area contributed by atoms with Gasteiger partial charge in [-0.3, -0.25) is 10.1 Å². The average Bonchev–Trinajstić information content (AvgIpc) is 2.35. The molecule has 0 saturated heterocycles. The monoisotopic (exact) mass is 313 g/mol. The molecule has 0 fully saturated rings. The summed E-state index contributed by atoms with van der Waals surface area (Å²) in [5, 5.41) is 2.79. The summed E-state index contributed by atoms with van der Waals surface area (Å²) in [5.41, 5.74) is -0.645. The summed E-state index contributed by atoms with van der Waals surface area (Å²) < 4.78 is 10.5. The summed E-state index contributed by atoms with van der Waals surface area (Å²) in [6.07, 6.45) is -0.758. The first-order valence-electron chi connectivity index (χ1n) is 6.59. The van der Waals surface area contributed by atoms with Gasteiger partial charge in [0.2, 0.25) is 5.91 Å². The lowest BCUT2D eigenvalue weighted by Gasteiger charge is -2.20. The molecule has 1 N–H and O–H groups in total. The van der Waals surface area contributed by atoms with Gasteiger partial charge in [-0.1, -0.05) is 18.5 Å². The number of carbonyl (C=O) groups is 2. The van der Waals surface area contributed by atoms with Crippen LogP contribution in [0, 0.1) is 5.92 Å². The van der Waals surface area contributed by atoms with Gasteiger partial charge >= 0.3 is 6.09 Å². The number of alkyl carbamates (subject to hydrolysis) is 1. The zero-order valence-electron chi connectivity index (χ0n) is 12.6. The Balaban J connectivity index is 2.40. The first kappa shape index (κ1) is 17.3. The van der Waals surface area contributed by atoms with Crippen molar-refractivity contribution in [1.29, 1.82) is 0 Å². The Hall–Kier alpha value is -1.75. The van der Waals surface area contributed by atoms with Crippen molar-refractivity contribution in [3.63, 3.8) is 0 Å². The Bertz CT molecular complexity index is 493. The molecule has 0 spiro atoms. The van der Waals surface area contributed by atoms with Crippen molar-refractivity contribution in [2.45, 2.75) is 33.3 Å². The summed E-state index contributed by atoms with van der Waals surface area (Å²) in [5.74, 6) is -0.331. The van der Waals surface area contributed by atoms with E-state index in [0.29, 0.717) is 10.8 Å². The van der Waals surface area contributed by atoms with Crippen LogP contribution in [0.15, 0.2) is 24.3 Å². The van der Waals surface area contributed by atoms with Crippen molar-refractivity contribution in [2.75, 3.05) is 6.61 Å².